The first-order valence-corrected chi connectivity index (χ1v) is 4.63. The highest BCUT2D eigenvalue weighted by molar-refractivity contribution is 5.81. The van der Waals surface area contributed by atoms with E-state index in [1.807, 2.05) is 6.92 Å². The summed E-state index contributed by atoms with van der Waals surface area (Å²) in [5.74, 6) is -0.487. The van der Waals surface area contributed by atoms with E-state index in [0.717, 1.165) is 5.57 Å². The Balaban J connectivity index is 3.53. The molecule has 1 amide bonds. The summed E-state index contributed by atoms with van der Waals surface area (Å²) in [6, 6.07) is 0. The van der Waals surface area contributed by atoms with Gasteiger partial charge in [0, 0.05) is 13.0 Å². The molecule has 0 aromatic rings. The molecule has 80 valence electrons. The number of esters is 1. The quantitative estimate of drug-likeness (QED) is 0.513. The Morgan fingerprint density at radius 1 is 1.36 bits per heavy atom. The van der Waals surface area contributed by atoms with Crippen LogP contribution in [-0.2, 0) is 14.3 Å². The van der Waals surface area contributed by atoms with Crippen molar-refractivity contribution in [1.29, 1.82) is 0 Å². The molecule has 0 bridgehead atoms. The average Bonchev–Trinajstić information content (AvgIpc) is 2.12. The molecule has 0 saturated heterocycles. The molecular formula is C10H17NO3. The standard InChI is InChI=1S/C10H17NO3/c1-4-14-10(13)6-5-9(12)11-7-8(2)3/h2,4-7H2,1,3H3,(H,11,12). The largest absolute Gasteiger partial charge is 0.466 e. The fraction of sp³-hybridized carbons (Fsp3) is 0.600. The zero-order valence-corrected chi connectivity index (χ0v) is 8.76. The molecule has 0 aromatic carbocycles. The fourth-order valence-electron chi connectivity index (χ4n) is 0.787. The monoisotopic (exact) mass is 199 g/mol. The first kappa shape index (κ1) is 12.7. The number of carbonyl (C=O) groups is 2. The lowest BCUT2D eigenvalue weighted by atomic mass is 10.3. The van der Waals surface area contributed by atoms with E-state index in [0.29, 0.717) is 13.2 Å². The van der Waals surface area contributed by atoms with Crippen LogP contribution in [-0.4, -0.2) is 25.0 Å². The van der Waals surface area contributed by atoms with Crippen LogP contribution in [0.3, 0.4) is 0 Å². The topological polar surface area (TPSA) is 55.4 Å². The maximum atomic E-state index is 11.1. The van der Waals surface area contributed by atoms with Crippen molar-refractivity contribution in [2.24, 2.45) is 0 Å². The maximum Gasteiger partial charge on any atom is 0.306 e. The summed E-state index contributed by atoms with van der Waals surface area (Å²) >= 11 is 0. The Labute approximate surface area is 84.3 Å². The maximum absolute atomic E-state index is 11.1. The van der Waals surface area contributed by atoms with Gasteiger partial charge in [-0.1, -0.05) is 12.2 Å². The SMILES string of the molecule is C=C(C)CNC(=O)CCC(=O)OCC. The number of ether oxygens (including phenoxy) is 1. The Kier molecular flexibility index (Phi) is 6.45. The first-order chi connectivity index (χ1) is 6.56. The summed E-state index contributed by atoms with van der Waals surface area (Å²) in [4.78, 5) is 22.0. The lowest BCUT2D eigenvalue weighted by Crippen LogP contribution is -2.25. The number of hydrogen-bond acceptors (Lipinski definition) is 3. The van der Waals surface area contributed by atoms with Crippen LogP contribution in [0.15, 0.2) is 12.2 Å². The number of rotatable bonds is 6. The second-order valence-electron chi connectivity index (χ2n) is 3.04. The van der Waals surface area contributed by atoms with Gasteiger partial charge in [0.05, 0.1) is 13.0 Å². The highest BCUT2D eigenvalue weighted by Crippen LogP contribution is 1.93. The minimum absolute atomic E-state index is 0.135. The van der Waals surface area contributed by atoms with Crippen molar-refractivity contribution in [2.75, 3.05) is 13.2 Å². The Morgan fingerprint density at radius 3 is 2.50 bits per heavy atom. The molecule has 0 spiro atoms. The highest BCUT2D eigenvalue weighted by atomic mass is 16.5. The zero-order valence-electron chi connectivity index (χ0n) is 8.76. The second kappa shape index (κ2) is 7.12. The third-order valence-corrected chi connectivity index (χ3v) is 1.45. The van der Waals surface area contributed by atoms with Crippen LogP contribution >= 0.6 is 0 Å². The van der Waals surface area contributed by atoms with Gasteiger partial charge in [0.2, 0.25) is 5.91 Å². The normalized spacial score (nSPS) is 9.29. The van der Waals surface area contributed by atoms with Crippen molar-refractivity contribution >= 4 is 11.9 Å². The van der Waals surface area contributed by atoms with Gasteiger partial charge in [0.25, 0.3) is 0 Å². The summed E-state index contributed by atoms with van der Waals surface area (Å²) in [6.07, 6.45) is 0.308. The van der Waals surface area contributed by atoms with Gasteiger partial charge in [-0.05, 0) is 13.8 Å². The first-order valence-electron chi connectivity index (χ1n) is 4.63. The van der Waals surface area contributed by atoms with Gasteiger partial charge in [0.1, 0.15) is 0 Å². The minimum Gasteiger partial charge on any atom is -0.466 e. The van der Waals surface area contributed by atoms with Crippen molar-refractivity contribution < 1.29 is 14.3 Å². The van der Waals surface area contributed by atoms with Crippen LogP contribution < -0.4 is 5.32 Å². The van der Waals surface area contributed by atoms with Gasteiger partial charge < -0.3 is 10.1 Å². The van der Waals surface area contributed by atoms with Gasteiger partial charge in [-0.15, -0.1) is 0 Å². The predicted octanol–water partition coefficient (Wildman–Crippen LogP) is 1.02. The van der Waals surface area contributed by atoms with E-state index in [-0.39, 0.29) is 24.7 Å². The van der Waals surface area contributed by atoms with Crippen molar-refractivity contribution in [3.8, 4) is 0 Å². The van der Waals surface area contributed by atoms with Crippen LogP contribution in [0.1, 0.15) is 26.7 Å². The van der Waals surface area contributed by atoms with Crippen LogP contribution in [0.4, 0.5) is 0 Å². The Bertz CT molecular complexity index is 223. The molecule has 0 fully saturated rings. The lowest BCUT2D eigenvalue weighted by Gasteiger charge is -2.04. The van der Waals surface area contributed by atoms with Gasteiger partial charge in [-0.25, -0.2) is 0 Å². The van der Waals surface area contributed by atoms with Gasteiger partial charge in [-0.2, -0.15) is 0 Å². The predicted molar refractivity (Wildman–Crippen MR) is 53.7 cm³/mol. The van der Waals surface area contributed by atoms with Crippen molar-refractivity contribution in [1.82, 2.24) is 5.32 Å². The Morgan fingerprint density at radius 2 is 2.00 bits per heavy atom. The molecule has 0 rings (SSSR count). The van der Waals surface area contributed by atoms with E-state index < -0.39 is 0 Å². The van der Waals surface area contributed by atoms with Crippen molar-refractivity contribution in [2.45, 2.75) is 26.7 Å². The third-order valence-electron chi connectivity index (χ3n) is 1.45. The summed E-state index contributed by atoms with van der Waals surface area (Å²) in [5, 5.41) is 2.63. The molecule has 0 atom stereocenters. The molecule has 0 aromatic heterocycles. The van der Waals surface area contributed by atoms with Crippen molar-refractivity contribution in [3.63, 3.8) is 0 Å². The van der Waals surface area contributed by atoms with Crippen LogP contribution in [0, 0.1) is 0 Å². The van der Waals surface area contributed by atoms with E-state index >= 15 is 0 Å². The molecular weight excluding hydrogens is 182 g/mol. The minimum atomic E-state index is -0.335. The molecule has 0 heterocycles. The van der Waals surface area contributed by atoms with Gasteiger partial charge in [0.15, 0.2) is 0 Å². The average molecular weight is 199 g/mol. The molecule has 1 N–H and O–H groups in total. The molecule has 4 nitrogen and oxygen atoms in total. The molecule has 0 aliphatic rings. The van der Waals surface area contributed by atoms with Gasteiger partial charge in [-0.3, -0.25) is 9.59 Å². The molecule has 0 radical (unpaired) electrons. The summed E-state index contributed by atoms with van der Waals surface area (Å²) in [7, 11) is 0. The highest BCUT2D eigenvalue weighted by Gasteiger charge is 2.06. The van der Waals surface area contributed by atoms with Crippen LogP contribution in [0.25, 0.3) is 0 Å². The molecule has 0 saturated carbocycles. The summed E-state index contributed by atoms with van der Waals surface area (Å²) in [5.41, 5.74) is 0.884. The zero-order chi connectivity index (χ0) is 11.0. The van der Waals surface area contributed by atoms with Crippen LogP contribution in [0.2, 0.25) is 0 Å². The molecule has 0 aliphatic carbocycles. The molecule has 4 heteroatoms. The van der Waals surface area contributed by atoms with Crippen LogP contribution in [0.5, 0.6) is 0 Å². The molecule has 0 unspecified atom stereocenters. The number of hydrogen-bond donors (Lipinski definition) is 1. The van der Waals surface area contributed by atoms with E-state index in [2.05, 4.69) is 16.6 Å². The third kappa shape index (κ3) is 7.34. The van der Waals surface area contributed by atoms with Crippen molar-refractivity contribution in [3.05, 3.63) is 12.2 Å². The smallest absolute Gasteiger partial charge is 0.306 e. The molecule has 0 aliphatic heterocycles. The second-order valence-corrected chi connectivity index (χ2v) is 3.04. The number of amides is 1. The number of nitrogens with one attached hydrogen (secondary N) is 1. The van der Waals surface area contributed by atoms with Gasteiger partial charge >= 0.3 is 5.97 Å². The lowest BCUT2D eigenvalue weighted by molar-refractivity contribution is -0.144. The van der Waals surface area contributed by atoms with E-state index in [1.165, 1.54) is 0 Å². The van der Waals surface area contributed by atoms with E-state index in [4.69, 9.17) is 0 Å². The van der Waals surface area contributed by atoms with E-state index in [1.54, 1.807) is 6.92 Å². The summed E-state index contributed by atoms with van der Waals surface area (Å²) in [6.45, 7) is 8.02. The number of carbonyl (C=O) groups excluding carboxylic acids is 2. The fourth-order valence-corrected chi connectivity index (χ4v) is 0.787. The molecule has 14 heavy (non-hydrogen) atoms. The van der Waals surface area contributed by atoms with E-state index in [9.17, 15) is 9.59 Å². The summed E-state index contributed by atoms with van der Waals surface area (Å²) < 4.78 is 4.68. The Hall–Kier alpha value is -1.32.